The van der Waals surface area contributed by atoms with Crippen LogP contribution in [0.4, 0.5) is 0 Å². The minimum atomic E-state index is 0.553. The highest BCUT2D eigenvalue weighted by Gasteiger charge is 2.24. The molecule has 0 aromatic carbocycles. The van der Waals surface area contributed by atoms with Gasteiger partial charge in [0.25, 0.3) is 0 Å². The van der Waals surface area contributed by atoms with Gasteiger partial charge in [-0.25, -0.2) is 4.98 Å². The molecule has 9 heteroatoms. The Bertz CT molecular complexity index is 962. The smallest absolute Gasteiger partial charge is 0.215 e. The van der Waals surface area contributed by atoms with Gasteiger partial charge < -0.3 is 19.3 Å². The quantitative estimate of drug-likeness (QED) is 0.620. The number of rotatable bonds is 7. The number of pyridine rings is 2. The standard InChI is InChI=1S/C18H21N5O3S/c1-11-14(19-8-12-9-23(6-7-24-2)26-16(11)12)10-27-18-20-13-4-5-15(25-3)21-17(13)22-18/h4-5,8H,6-7,9-10H2,1-3H3,(H,20,21,22). The molecule has 4 heterocycles. The summed E-state index contributed by atoms with van der Waals surface area (Å²) < 4.78 is 10.3. The van der Waals surface area contributed by atoms with E-state index in [4.69, 9.17) is 14.3 Å². The molecule has 0 fully saturated rings. The van der Waals surface area contributed by atoms with Crippen molar-refractivity contribution in [3.8, 4) is 11.6 Å². The van der Waals surface area contributed by atoms with E-state index in [0.29, 0.717) is 23.9 Å². The van der Waals surface area contributed by atoms with Crippen molar-refractivity contribution in [2.24, 2.45) is 0 Å². The average molecular weight is 387 g/mol. The summed E-state index contributed by atoms with van der Waals surface area (Å²) in [5, 5.41) is 2.70. The summed E-state index contributed by atoms with van der Waals surface area (Å²) in [7, 11) is 3.28. The van der Waals surface area contributed by atoms with E-state index in [0.717, 1.165) is 46.3 Å². The van der Waals surface area contributed by atoms with E-state index in [2.05, 4.69) is 19.9 Å². The molecule has 0 bridgehead atoms. The van der Waals surface area contributed by atoms with Crippen molar-refractivity contribution in [2.75, 3.05) is 27.4 Å². The Morgan fingerprint density at radius 3 is 3.00 bits per heavy atom. The second-order valence-corrected chi connectivity index (χ2v) is 7.15. The molecular formula is C18H21N5O3S. The van der Waals surface area contributed by atoms with Gasteiger partial charge in [-0.05, 0) is 13.0 Å². The van der Waals surface area contributed by atoms with Crippen molar-refractivity contribution in [3.05, 3.63) is 35.2 Å². The van der Waals surface area contributed by atoms with Gasteiger partial charge in [-0.1, -0.05) is 11.8 Å². The minimum Gasteiger partial charge on any atom is -0.481 e. The number of hydroxylamine groups is 2. The lowest BCUT2D eigenvalue weighted by Gasteiger charge is -2.14. The SMILES string of the molecule is COCCN1Cc2cnc(CSc3nc4nc(OC)ccc4[nH]3)c(C)c2O1. The molecule has 0 atom stereocenters. The number of hydrogen-bond acceptors (Lipinski definition) is 8. The lowest BCUT2D eigenvalue weighted by atomic mass is 10.1. The number of aromatic nitrogens is 4. The summed E-state index contributed by atoms with van der Waals surface area (Å²) in [5.41, 5.74) is 4.69. The van der Waals surface area contributed by atoms with E-state index in [1.807, 2.05) is 30.3 Å². The van der Waals surface area contributed by atoms with Crippen LogP contribution in [0.5, 0.6) is 11.6 Å². The molecule has 0 saturated heterocycles. The molecule has 8 nitrogen and oxygen atoms in total. The Kier molecular flexibility index (Phi) is 5.15. The molecule has 0 radical (unpaired) electrons. The predicted octanol–water partition coefficient (Wildman–Crippen LogP) is 2.72. The first-order chi connectivity index (χ1) is 13.2. The Morgan fingerprint density at radius 2 is 2.19 bits per heavy atom. The largest absolute Gasteiger partial charge is 0.481 e. The number of thioether (sulfide) groups is 1. The van der Waals surface area contributed by atoms with Gasteiger partial charge in [-0.15, -0.1) is 5.06 Å². The maximum Gasteiger partial charge on any atom is 0.215 e. The van der Waals surface area contributed by atoms with Gasteiger partial charge >= 0.3 is 0 Å². The number of aromatic amines is 1. The second-order valence-electron chi connectivity index (χ2n) is 6.19. The fraction of sp³-hybridized carbons (Fsp3) is 0.389. The average Bonchev–Trinajstić information content (AvgIpc) is 3.29. The fourth-order valence-electron chi connectivity index (χ4n) is 2.91. The topological polar surface area (TPSA) is 85.4 Å². The molecule has 0 saturated carbocycles. The van der Waals surface area contributed by atoms with Crippen LogP contribution in [0.2, 0.25) is 0 Å². The van der Waals surface area contributed by atoms with Crippen LogP contribution in [0, 0.1) is 6.92 Å². The summed E-state index contributed by atoms with van der Waals surface area (Å²) in [6.07, 6.45) is 1.90. The molecule has 27 heavy (non-hydrogen) atoms. The molecule has 0 unspecified atom stereocenters. The minimum absolute atomic E-state index is 0.553. The summed E-state index contributed by atoms with van der Waals surface area (Å²) in [5.74, 6) is 2.15. The van der Waals surface area contributed by atoms with E-state index < -0.39 is 0 Å². The molecule has 142 valence electrons. The first kappa shape index (κ1) is 18.0. The highest BCUT2D eigenvalue weighted by atomic mass is 32.2. The summed E-state index contributed by atoms with van der Waals surface area (Å²) in [4.78, 5) is 22.7. The van der Waals surface area contributed by atoms with Crippen molar-refractivity contribution < 1.29 is 14.3 Å². The zero-order valence-electron chi connectivity index (χ0n) is 15.5. The molecule has 0 amide bonds. The zero-order valence-corrected chi connectivity index (χ0v) is 16.3. The Balaban J connectivity index is 1.46. The summed E-state index contributed by atoms with van der Waals surface area (Å²) >= 11 is 1.59. The third kappa shape index (κ3) is 3.71. The maximum absolute atomic E-state index is 5.96. The molecule has 1 N–H and O–H groups in total. The molecule has 3 aromatic heterocycles. The van der Waals surface area contributed by atoms with Gasteiger partial charge in [0.2, 0.25) is 5.88 Å². The monoisotopic (exact) mass is 387 g/mol. The fourth-order valence-corrected chi connectivity index (χ4v) is 3.81. The highest BCUT2D eigenvalue weighted by molar-refractivity contribution is 7.98. The number of nitrogens with one attached hydrogen (secondary N) is 1. The van der Waals surface area contributed by atoms with E-state index in [-0.39, 0.29) is 0 Å². The van der Waals surface area contributed by atoms with E-state index in [1.54, 1.807) is 26.0 Å². The zero-order chi connectivity index (χ0) is 18.8. The van der Waals surface area contributed by atoms with Crippen LogP contribution in [-0.4, -0.2) is 52.4 Å². The van der Waals surface area contributed by atoms with E-state index in [1.165, 1.54) is 0 Å². The van der Waals surface area contributed by atoms with Gasteiger partial charge in [0.1, 0.15) is 0 Å². The van der Waals surface area contributed by atoms with E-state index in [9.17, 15) is 0 Å². The van der Waals surface area contributed by atoms with Crippen LogP contribution in [0.25, 0.3) is 11.2 Å². The van der Waals surface area contributed by atoms with Gasteiger partial charge in [0, 0.05) is 36.3 Å². The third-order valence-corrected chi connectivity index (χ3v) is 5.29. The van der Waals surface area contributed by atoms with Gasteiger partial charge in [0.05, 0.1) is 38.0 Å². The van der Waals surface area contributed by atoms with Gasteiger partial charge in [-0.2, -0.15) is 4.98 Å². The first-order valence-corrected chi connectivity index (χ1v) is 9.59. The molecule has 0 aliphatic carbocycles. The van der Waals surface area contributed by atoms with E-state index >= 15 is 0 Å². The number of H-pyrrole nitrogens is 1. The second kappa shape index (κ2) is 7.71. The molecule has 3 aromatic rings. The molecule has 4 rings (SSSR count). The highest BCUT2D eigenvalue weighted by Crippen LogP contribution is 2.34. The van der Waals surface area contributed by atoms with Crippen LogP contribution in [0.3, 0.4) is 0 Å². The molecule has 1 aliphatic rings. The number of imidazole rings is 1. The number of nitrogens with zero attached hydrogens (tertiary/aromatic N) is 4. The van der Waals surface area contributed by atoms with Crippen molar-refractivity contribution in [2.45, 2.75) is 24.4 Å². The maximum atomic E-state index is 5.96. The van der Waals surface area contributed by atoms with Crippen LogP contribution < -0.4 is 9.57 Å². The number of ether oxygens (including phenoxy) is 2. The van der Waals surface area contributed by atoms with Gasteiger partial charge in [-0.3, -0.25) is 4.98 Å². The summed E-state index contributed by atoms with van der Waals surface area (Å²) in [6.45, 7) is 4.14. The van der Waals surface area contributed by atoms with Crippen molar-refractivity contribution >= 4 is 22.9 Å². The van der Waals surface area contributed by atoms with Crippen LogP contribution in [-0.2, 0) is 17.0 Å². The Morgan fingerprint density at radius 1 is 1.30 bits per heavy atom. The number of hydrogen-bond donors (Lipinski definition) is 1. The third-order valence-electron chi connectivity index (χ3n) is 4.41. The van der Waals surface area contributed by atoms with Crippen LogP contribution >= 0.6 is 11.8 Å². The lowest BCUT2D eigenvalue weighted by molar-refractivity contribution is -0.0572. The van der Waals surface area contributed by atoms with Crippen LogP contribution in [0.1, 0.15) is 16.8 Å². The number of methoxy groups -OCH3 is 2. The normalized spacial score (nSPS) is 13.7. The van der Waals surface area contributed by atoms with Crippen molar-refractivity contribution in [3.63, 3.8) is 0 Å². The van der Waals surface area contributed by atoms with Crippen LogP contribution in [0.15, 0.2) is 23.5 Å². The predicted molar refractivity (Wildman–Crippen MR) is 102 cm³/mol. The van der Waals surface area contributed by atoms with Gasteiger partial charge in [0.15, 0.2) is 16.6 Å². The Hall–Kier alpha value is -2.36. The molecular weight excluding hydrogens is 366 g/mol. The number of fused-ring (bicyclic) bond motifs is 2. The van der Waals surface area contributed by atoms with Crippen molar-refractivity contribution in [1.29, 1.82) is 0 Å². The molecule has 0 spiro atoms. The van der Waals surface area contributed by atoms with Crippen molar-refractivity contribution in [1.82, 2.24) is 25.0 Å². The Labute approximate surface area is 161 Å². The lowest BCUT2D eigenvalue weighted by Crippen LogP contribution is -2.25. The first-order valence-electron chi connectivity index (χ1n) is 8.60. The molecule has 1 aliphatic heterocycles. The summed E-state index contributed by atoms with van der Waals surface area (Å²) in [6, 6.07) is 3.73.